The van der Waals surface area contributed by atoms with Gasteiger partial charge in [-0.05, 0) is 55.5 Å². The van der Waals surface area contributed by atoms with Crippen LogP contribution in [0.1, 0.15) is 52.0 Å². The smallest absolute Gasteiger partial charge is 0.303 e. The zero-order valence-corrected chi connectivity index (χ0v) is 14.5. The number of hydrogen-bond acceptors (Lipinski definition) is 1. The van der Waals surface area contributed by atoms with E-state index >= 15 is 0 Å². The van der Waals surface area contributed by atoms with Gasteiger partial charge in [-0.25, -0.2) is 0 Å². The molecule has 23 heavy (non-hydrogen) atoms. The molecule has 4 heteroatoms. The lowest BCUT2D eigenvalue weighted by Gasteiger charge is -2.47. The minimum atomic E-state index is -4.32. The van der Waals surface area contributed by atoms with E-state index in [-0.39, 0.29) is 5.41 Å². The second-order valence-electron chi connectivity index (χ2n) is 7.84. The minimum absolute atomic E-state index is 0.165. The molecule has 0 aromatic heterocycles. The van der Waals surface area contributed by atoms with E-state index in [4.69, 9.17) is 0 Å². The lowest BCUT2D eigenvalue weighted by molar-refractivity contribution is -0.220. The number of alkyl halides is 3. The van der Waals surface area contributed by atoms with Crippen LogP contribution >= 0.6 is 0 Å². The van der Waals surface area contributed by atoms with Crippen molar-refractivity contribution < 1.29 is 13.2 Å². The van der Waals surface area contributed by atoms with Gasteiger partial charge in [0.1, 0.15) is 5.54 Å². The van der Waals surface area contributed by atoms with Crippen LogP contribution in [0.2, 0.25) is 0 Å². The zero-order chi connectivity index (χ0) is 17.3. The molecule has 0 radical (unpaired) electrons. The Balaban J connectivity index is 2.34. The van der Waals surface area contributed by atoms with E-state index in [2.05, 4.69) is 26.1 Å². The molecule has 0 spiro atoms. The fourth-order valence-corrected chi connectivity index (χ4v) is 4.21. The first kappa shape index (κ1) is 18.3. The van der Waals surface area contributed by atoms with Crippen molar-refractivity contribution in [3.63, 3.8) is 0 Å². The van der Waals surface area contributed by atoms with Crippen LogP contribution in [0.15, 0.2) is 30.3 Å². The molecule has 1 aromatic rings. The molecule has 1 nitrogen and oxygen atoms in total. The van der Waals surface area contributed by atoms with Gasteiger partial charge >= 0.3 is 6.18 Å². The van der Waals surface area contributed by atoms with E-state index in [0.717, 1.165) is 12.8 Å². The molecule has 0 aliphatic heterocycles. The fraction of sp³-hybridized carbons (Fsp3) is 0.684. The summed E-state index contributed by atoms with van der Waals surface area (Å²) >= 11 is 0. The summed E-state index contributed by atoms with van der Waals surface area (Å²) in [6.45, 7) is 6.55. The lowest BCUT2D eigenvalue weighted by Crippen LogP contribution is -2.58. The van der Waals surface area contributed by atoms with Gasteiger partial charge in [-0.2, -0.15) is 13.2 Å². The average Bonchev–Trinajstić information content (AvgIpc) is 2.48. The lowest BCUT2D eigenvalue weighted by atomic mass is 9.64. The summed E-state index contributed by atoms with van der Waals surface area (Å²) in [7, 11) is 1.44. The number of halogens is 3. The molecule has 1 N–H and O–H groups in total. The van der Waals surface area contributed by atoms with Gasteiger partial charge < -0.3 is 5.32 Å². The number of benzene rings is 1. The van der Waals surface area contributed by atoms with Crippen molar-refractivity contribution in [1.29, 1.82) is 0 Å². The van der Waals surface area contributed by atoms with Gasteiger partial charge in [-0.1, -0.05) is 51.1 Å². The van der Waals surface area contributed by atoms with E-state index in [0.29, 0.717) is 24.3 Å². The molecule has 1 atom stereocenters. The highest BCUT2D eigenvalue weighted by molar-refractivity contribution is 5.28. The Kier molecular flexibility index (Phi) is 5.15. The highest BCUT2D eigenvalue weighted by atomic mass is 19.4. The maximum Gasteiger partial charge on any atom is 0.411 e. The topological polar surface area (TPSA) is 12.0 Å². The highest BCUT2D eigenvalue weighted by Crippen LogP contribution is 2.51. The second-order valence-corrected chi connectivity index (χ2v) is 7.84. The zero-order valence-electron chi connectivity index (χ0n) is 14.5. The van der Waals surface area contributed by atoms with E-state index in [1.807, 2.05) is 0 Å². The van der Waals surface area contributed by atoms with E-state index in [1.54, 1.807) is 30.3 Å². The maximum absolute atomic E-state index is 14.1. The Labute approximate surface area is 137 Å². The SMILES string of the molecule is CNC(c1ccccc1)(C1CCC(C(C)(C)C)CC1)C(F)(F)F. The van der Waals surface area contributed by atoms with Gasteiger partial charge in [0, 0.05) is 0 Å². The molecular weight excluding hydrogens is 299 g/mol. The molecule has 2 rings (SSSR count). The quantitative estimate of drug-likeness (QED) is 0.771. The minimum Gasteiger partial charge on any atom is -0.303 e. The summed E-state index contributed by atoms with van der Waals surface area (Å²) in [5.74, 6) is 0.0748. The Hall–Kier alpha value is -1.03. The van der Waals surface area contributed by atoms with Crippen molar-refractivity contribution in [2.24, 2.45) is 17.3 Å². The van der Waals surface area contributed by atoms with Crippen molar-refractivity contribution in [2.45, 2.75) is 58.2 Å². The number of rotatable bonds is 3. The predicted octanol–water partition coefficient (Wildman–Crippen LogP) is 5.52. The molecule has 130 valence electrons. The number of nitrogens with one attached hydrogen (secondary N) is 1. The average molecular weight is 327 g/mol. The molecule has 1 unspecified atom stereocenters. The monoisotopic (exact) mass is 327 g/mol. The van der Waals surface area contributed by atoms with Crippen molar-refractivity contribution >= 4 is 0 Å². The summed E-state index contributed by atoms with van der Waals surface area (Å²) in [6, 6.07) is 8.33. The molecule has 1 aliphatic rings. The van der Waals surface area contributed by atoms with Gasteiger partial charge in [-0.3, -0.25) is 0 Å². The largest absolute Gasteiger partial charge is 0.411 e. The van der Waals surface area contributed by atoms with Crippen LogP contribution in [0, 0.1) is 17.3 Å². The summed E-state index contributed by atoms with van der Waals surface area (Å²) in [4.78, 5) is 0. The Morgan fingerprint density at radius 3 is 1.74 bits per heavy atom. The Bertz CT molecular complexity index is 496. The molecule has 0 heterocycles. The van der Waals surface area contributed by atoms with Crippen LogP contribution < -0.4 is 5.32 Å². The molecule has 1 fully saturated rings. The third-order valence-electron chi connectivity index (χ3n) is 5.63. The fourth-order valence-electron chi connectivity index (χ4n) is 4.21. The van der Waals surface area contributed by atoms with E-state index in [9.17, 15) is 13.2 Å². The van der Waals surface area contributed by atoms with Crippen LogP contribution in [-0.2, 0) is 5.54 Å². The summed E-state index contributed by atoms with van der Waals surface area (Å²) < 4.78 is 42.3. The summed E-state index contributed by atoms with van der Waals surface area (Å²) in [5, 5.41) is 2.67. The third-order valence-corrected chi connectivity index (χ3v) is 5.63. The summed E-state index contributed by atoms with van der Waals surface area (Å²) in [5.41, 5.74) is -1.45. The third kappa shape index (κ3) is 3.42. The highest BCUT2D eigenvalue weighted by Gasteiger charge is 2.59. The molecule has 0 saturated heterocycles. The summed E-state index contributed by atoms with van der Waals surface area (Å²) in [6.07, 6.45) is -1.38. The van der Waals surface area contributed by atoms with Gasteiger partial charge in [0.15, 0.2) is 0 Å². The molecule has 0 bridgehead atoms. The first-order valence-electron chi connectivity index (χ1n) is 8.44. The first-order valence-corrected chi connectivity index (χ1v) is 8.44. The molecule has 0 amide bonds. The Morgan fingerprint density at radius 2 is 1.35 bits per heavy atom. The maximum atomic E-state index is 14.1. The normalized spacial score (nSPS) is 25.9. The van der Waals surface area contributed by atoms with Gasteiger partial charge in [0.05, 0.1) is 0 Å². The predicted molar refractivity (Wildman–Crippen MR) is 88.1 cm³/mol. The van der Waals surface area contributed by atoms with Gasteiger partial charge in [-0.15, -0.1) is 0 Å². The molecule has 1 aliphatic carbocycles. The van der Waals surface area contributed by atoms with Crippen molar-refractivity contribution in [3.8, 4) is 0 Å². The molecule has 1 aromatic carbocycles. The second kappa shape index (κ2) is 6.46. The first-order chi connectivity index (χ1) is 10.6. The van der Waals surface area contributed by atoms with Crippen LogP contribution in [0.25, 0.3) is 0 Å². The molecular formula is C19H28F3N. The van der Waals surface area contributed by atoms with E-state index < -0.39 is 17.6 Å². The number of hydrogen-bond donors (Lipinski definition) is 1. The van der Waals surface area contributed by atoms with Crippen LogP contribution in [0.4, 0.5) is 13.2 Å². The van der Waals surface area contributed by atoms with E-state index in [1.165, 1.54) is 7.05 Å². The Morgan fingerprint density at radius 1 is 0.870 bits per heavy atom. The van der Waals surface area contributed by atoms with Gasteiger partial charge in [0.2, 0.25) is 0 Å². The standard InChI is InChI=1S/C19H28F3N/c1-17(2,3)14-10-12-16(13-11-14)18(23-4,19(20,21)22)15-8-6-5-7-9-15/h5-9,14,16,23H,10-13H2,1-4H3. The van der Waals surface area contributed by atoms with Crippen LogP contribution in [-0.4, -0.2) is 13.2 Å². The van der Waals surface area contributed by atoms with Crippen LogP contribution in [0.3, 0.4) is 0 Å². The van der Waals surface area contributed by atoms with Gasteiger partial charge in [0.25, 0.3) is 0 Å². The van der Waals surface area contributed by atoms with Crippen molar-refractivity contribution in [2.75, 3.05) is 7.05 Å². The van der Waals surface area contributed by atoms with Crippen molar-refractivity contribution in [1.82, 2.24) is 5.32 Å². The molecule has 1 saturated carbocycles. The van der Waals surface area contributed by atoms with Crippen LogP contribution in [0.5, 0.6) is 0 Å². The van der Waals surface area contributed by atoms with Crippen molar-refractivity contribution in [3.05, 3.63) is 35.9 Å².